The van der Waals surface area contributed by atoms with Crippen molar-refractivity contribution in [3.63, 3.8) is 0 Å². The average molecular weight is 333 g/mol. The number of rotatable bonds is 3. The van der Waals surface area contributed by atoms with E-state index in [0.717, 1.165) is 22.0 Å². The number of pyridine rings is 1. The lowest BCUT2D eigenvalue weighted by molar-refractivity contribution is 0.0520. The van der Waals surface area contributed by atoms with Crippen LogP contribution < -0.4 is 0 Å². The molecule has 0 saturated heterocycles. The van der Waals surface area contributed by atoms with Crippen molar-refractivity contribution < 1.29 is 9.53 Å². The highest BCUT2D eigenvalue weighted by Gasteiger charge is 2.17. The lowest BCUT2D eigenvalue weighted by Crippen LogP contribution is -2.08. The minimum absolute atomic E-state index is 0.338. The average Bonchev–Trinajstić information content (AvgIpc) is 2.54. The maximum absolute atomic E-state index is 12.3. The molecule has 0 fully saturated rings. The number of hydrogen-bond acceptors (Lipinski definition) is 3. The van der Waals surface area contributed by atoms with E-state index >= 15 is 0 Å². The van der Waals surface area contributed by atoms with Crippen LogP contribution in [-0.4, -0.2) is 17.6 Å². The minimum Gasteiger partial charge on any atom is -0.461 e. The molecular formula is C22H23NO2. The van der Waals surface area contributed by atoms with Crippen molar-refractivity contribution in [2.45, 2.75) is 34.6 Å². The van der Waals surface area contributed by atoms with Crippen LogP contribution in [0.3, 0.4) is 0 Å². The van der Waals surface area contributed by atoms with Crippen LogP contribution in [-0.2, 0) is 4.74 Å². The Labute approximate surface area is 148 Å². The van der Waals surface area contributed by atoms with Gasteiger partial charge in [-0.05, 0) is 75.1 Å². The number of aryl methyl sites for hydroxylation is 4. The van der Waals surface area contributed by atoms with E-state index in [1.807, 2.05) is 18.2 Å². The van der Waals surface area contributed by atoms with Gasteiger partial charge in [-0.1, -0.05) is 29.3 Å². The van der Waals surface area contributed by atoms with Gasteiger partial charge in [-0.2, -0.15) is 0 Å². The summed E-state index contributed by atoms with van der Waals surface area (Å²) in [5.41, 5.74) is 8.15. The van der Waals surface area contributed by atoms with Crippen molar-refractivity contribution >= 4 is 16.9 Å². The Morgan fingerprint density at radius 1 is 0.960 bits per heavy atom. The van der Waals surface area contributed by atoms with Gasteiger partial charge in [0.15, 0.2) is 0 Å². The number of carbonyl (C=O) groups excluding carboxylic acids is 1. The fraction of sp³-hybridized carbons (Fsp3) is 0.273. The van der Waals surface area contributed by atoms with Crippen LogP contribution in [0.1, 0.15) is 39.7 Å². The molecule has 0 N–H and O–H groups in total. The molecule has 128 valence electrons. The number of esters is 1. The highest BCUT2D eigenvalue weighted by Crippen LogP contribution is 2.34. The van der Waals surface area contributed by atoms with E-state index in [-0.39, 0.29) is 5.97 Å². The normalized spacial score (nSPS) is 10.9. The summed E-state index contributed by atoms with van der Waals surface area (Å²) in [7, 11) is 0. The van der Waals surface area contributed by atoms with Gasteiger partial charge in [-0.25, -0.2) is 9.78 Å². The monoisotopic (exact) mass is 333 g/mol. The molecule has 0 saturated carbocycles. The second-order valence-corrected chi connectivity index (χ2v) is 6.57. The Kier molecular flexibility index (Phi) is 4.58. The number of aromatic nitrogens is 1. The molecule has 3 nitrogen and oxygen atoms in total. The molecular weight excluding hydrogens is 310 g/mol. The van der Waals surface area contributed by atoms with Crippen LogP contribution in [0.25, 0.3) is 22.0 Å². The van der Waals surface area contributed by atoms with Gasteiger partial charge >= 0.3 is 5.97 Å². The second kappa shape index (κ2) is 6.67. The maximum Gasteiger partial charge on any atom is 0.356 e. The van der Waals surface area contributed by atoms with Crippen molar-refractivity contribution in [3.8, 4) is 11.1 Å². The lowest BCUT2D eigenvalue weighted by atomic mass is 9.91. The van der Waals surface area contributed by atoms with Crippen LogP contribution >= 0.6 is 0 Å². The predicted octanol–water partition coefficient (Wildman–Crippen LogP) is 5.31. The van der Waals surface area contributed by atoms with Gasteiger partial charge in [-0.3, -0.25) is 0 Å². The summed E-state index contributed by atoms with van der Waals surface area (Å²) in [6.07, 6.45) is 0. The number of ether oxygens (including phenoxy) is 1. The maximum atomic E-state index is 12.3. The summed E-state index contributed by atoms with van der Waals surface area (Å²) in [5.74, 6) is -0.381. The molecule has 0 bridgehead atoms. The summed E-state index contributed by atoms with van der Waals surface area (Å²) in [6, 6.07) is 12.3. The SMILES string of the molecule is CCOC(=O)c1cc(-c2c(C)cc(C)cc2C)c2cc(C)ccc2n1. The van der Waals surface area contributed by atoms with E-state index in [0.29, 0.717) is 12.3 Å². The zero-order valence-electron chi connectivity index (χ0n) is 15.4. The van der Waals surface area contributed by atoms with Gasteiger partial charge in [0.1, 0.15) is 5.69 Å². The minimum atomic E-state index is -0.381. The Balaban J connectivity index is 2.36. The van der Waals surface area contributed by atoms with E-state index in [4.69, 9.17) is 4.74 Å². The molecule has 2 aromatic carbocycles. The fourth-order valence-corrected chi connectivity index (χ4v) is 3.46. The Bertz CT molecular complexity index is 950. The van der Waals surface area contributed by atoms with Crippen LogP contribution in [0.2, 0.25) is 0 Å². The van der Waals surface area contributed by atoms with Gasteiger partial charge in [0.2, 0.25) is 0 Å². The summed E-state index contributed by atoms with van der Waals surface area (Å²) in [5, 5.41) is 1.06. The lowest BCUT2D eigenvalue weighted by Gasteiger charge is -2.15. The van der Waals surface area contributed by atoms with Crippen molar-refractivity contribution in [1.82, 2.24) is 4.98 Å². The van der Waals surface area contributed by atoms with Gasteiger partial charge < -0.3 is 4.74 Å². The third-order valence-corrected chi connectivity index (χ3v) is 4.40. The molecule has 3 heteroatoms. The molecule has 1 aromatic heterocycles. The van der Waals surface area contributed by atoms with E-state index < -0.39 is 0 Å². The number of hydrogen-bond donors (Lipinski definition) is 0. The van der Waals surface area contributed by atoms with Crippen molar-refractivity contribution in [3.05, 3.63) is 64.3 Å². The summed E-state index contributed by atoms with van der Waals surface area (Å²) >= 11 is 0. The number of nitrogens with zero attached hydrogens (tertiary/aromatic N) is 1. The standard InChI is InChI=1S/C22H23NO2/c1-6-25-22(24)20-12-18(17-11-13(2)7-8-19(17)23-20)21-15(4)9-14(3)10-16(21)5/h7-12H,6H2,1-5H3. The molecule has 0 aliphatic carbocycles. The topological polar surface area (TPSA) is 39.2 Å². The predicted molar refractivity (Wildman–Crippen MR) is 102 cm³/mol. The molecule has 0 atom stereocenters. The Morgan fingerprint density at radius 3 is 2.28 bits per heavy atom. The zero-order chi connectivity index (χ0) is 18.1. The molecule has 25 heavy (non-hydrogen) atoms. The van der Waals surface area contributed by atoms with Crippen molar-refractivity contribution in [2.75, 3.05) is 6.61 Å². The smallest absolute Gasteiger partial charge is 0.356 e. The van der Waals surface area contributed by atoms with Crippen LogP contribution in [0.5, 0.6) is 0 Å². The van der Waals surface area contributed by atoms with E-state index in [1.165, 1.54) is 22.3 Å². The molecule has 0 aliphatic rings. The second-order valence-electron chi connectivity index (χ2n) is 6.57. The quantitative estimate of drug-likeness (QED) is 0.610. The number of benzene rings is 2. The number of carbonyl (C=O) groups is 1. The first-order valence-electron chi connectivity index (χ1n) is 8.57. The Hall–Kier alpha value is -2.68. The van der Waals surface area contributed by atoms with Gasteiger partial charge in [0, 0.05) is 5.39 Å². The summed E-state index contributed by atoms with van der Waals surface area (Å²) in [6.45, 7) is 10.5. The van der Waals surface area contributed by atoms with Gasteiger partial charge in [0.05, 0.1) is 12.1 Å². The van der Waals surface area contributed by atoms with Crippen LogP contribution in [0.15, 0.2) is 36.4 Å². The molecule has 0 aliphatic heterocycles. The Morgan fingerprint density at radius 2 is 1.64 bits per heavy atom. The zero-order valence-corrected chi connectivity index (χ0v) is 15.4. The van der Waals surface area contributed by atoms with Gasteiger partial charge in [-0.15, -0.1) is 0 Å². The molecule has 1 heterocycles. The van der Waals surface area contributed by atoms with E-state index in [9.17, 15) is 4.79 Å². The third-order valence-electron chi connectivity index (χ3n) is 4.40. The van der Waals surface area contributed by atoms with E-state index in [1.54, 1.807) is 6.92 Å². The van der Waals surface area contributed by atoms with Crippen LogP contribution in [0.4, 0.5) is 0 Å². The van der Waals surface area contributed by atoms with Crippen molar-refractivity contribution in [1.29, 1.82) is 0 Å². The highest BCUT2D eigenvalue weighted by molar-refractivity contribution is 6.01. The van der Waals surface area contributed by atoms with E-state index in [2.05, 4.69) is 50.9 Å². The molecule has 0 radical (unpaired) electrons. The number of fused-ring (bicyclic) bond motifs is 1. The largest absolute Gasteiger partial charge is 0.461 e. The first-order valence-corrected chi connectivity index (χ1v) is 8.57. The summed E-state index contributed by atoms with van der Waals surface area (Å²) < 4.78 is 5.17. The molecule has 0 unspecified atom stereocenters. The molecule has 3 rings (SSSR count). The molecule has 3 aromatic rings. The van der Waals surface area contributed by atoms with Gasteiger partial charge in [0.25, 0.3) is 0 Å². The first kappa shape index (κ1) is 17.2. The van der Waals surface area contributed by atoms with Crippen LogP contribution in [0, 0.1) is 27.7 Å². The highest BCUT2D eigenvalue weighted by atomic mass is 16.5. The molecule has 0 amide bonds. The molecule has 0 spiro atoms. The van der Waals surface area contributed by atoms with Crippen molar-refractivity contribution in [2.24, 2.45) is 0 Å². The fourth-order valence-electron chi connectivity index (χ4n) is 3.46. The summed E-state index contributed by atoms with van der Waals surface area (Å²) in [4.78, 5) is 16.8. The third kappa shape index (κ3) is 3.27. The first-order chi connectivity index (χ1) is 11.9.